The van der Waals surface area contributed by atoms with Crippen molar-refractivity contribution >= 4 is 37.6 Å². The summed E-state index contributed by atoms with van der Waals surface area (Å²) in [6.07, 6.45) is 2.51. The van der Waals surface area contributed by atoms with Gasteiger partial charge in [0.25, 0.3) is 10.0 Å². The number of nitrogens with zero attached hydrogens (tertiary/aromatic N) is 2. The lowest BCUT2D eigenvalue weighted by atomic mass is 10.2. The Hall–Kier alpha value is -1.67. The van der Waals surface area contributed by atoms with E-state index in [-0.39, 0.29) is 4.90 Å². The largest absolute Gasteiger partial charge is 0.357 e. The Morgan fingerprint density at radius 1 is 1.15 bits per heavy atom. The third-order valence-corrected chi connectivity index (χ3v) is 4.25. The maximum Gasteiger partial charge on any atom is 0.264 e. The number of anilines is 2. The lowest BCUT2D eigenvalue weighted by Crippen LogP contribution is -2.14. The van der Waals surface area contributed by atoms with Crippen molar-refractivity contribution in [2.24, 2.45) is 0 Å². The molecule has 0 atom stereocenters. The van der Waals surface area contributed by atoms with E-state index in [1.54, 1.807) is 19.2 Å². The van der Waals surface area contributed by atoms with Crippen LogP contribution in [0.3, 0.4) is 0 Å². The van der Waals surface area contributed by atoms with Crippen LogP contribution in [0.1, 0.15) is 5.56 Å². The minimum atomic E-state index is -3.70. The van der Waals surface area contributed by atoms with Gasteiger partial charge >= 0.3 is 0 Å². The standard InChI is InChI=1S/C12H13BrN4O2S/c1-8-3-9(13)5-10(4-8)17-20(18,19)11-6-15-12(14-2)16-7-11/h3-7,17H,1-2H3,(H,14,15,16). The van der Waals surface area contributed by atoms with Crippen LogP contribution >= 0.6 is 15.9 Å². The molecule has 106 valence electrons. The van der Waals surface area contributed by atoms with Crippen LogP contribution in [-0.2, 0) is 10.0 Å². The Bertz CT molecular complexity index is 696. The lowest BCUT2D eigenvalue weighted by molar-refractivity contribution is 0.600. The van der Waals surface area contributed by atoms with Crippen molar-refractivity contribution in [1.29, 1.82) is 0 Å². The summed E-state index contributed by atoms with van der Waals surface area (Å²) < 4.78 is 27.7. The molecule has 0 saturated heterocycles. The Balaban J connectivity index is 2.30. The molecule has 2 aromatic rings. The van der Waals surface area contributed by atoms with E-state index in [1.807, 2.05) is 13.0 Å². The molecule has 2 N–H and O–H groups in total. The van der Waals surface area contributed by atoms with E-state index in [1.165, 1.54) is 12.4 Å². The van der Waals surface area contributed by atoms with E-state index >= 15 is 0 Å². The highest BCUT2D eigenvalue weighted by molar-refractivity contribution is 9.10. The van der Waals surface area contributed by atoms with E-state index < -0.39 is 10.0 Å². The second kappa shape index (κ2) is 5.76. The van der Waals surface area contributed by atoms with Crippen LogP contribution in [0.15, 0.2) is 40.0 Å². The number of hydrogen-bond donors (Lipinski definition) is 2. The second-order valence-corrected chi connectivity index (χ2v) is 6.71. The van der Waals surface area contributed by atoms with E-state index in [0.29, 0.717) is 11.6 Å². The second-order valence-electron chi connectivity index (χ2n) is 4.12. The number of hydrogen-bond acceptors (Lipinski definition) is 5. The first-order valence-corrected chi connectivity index (χ1v) is 7.98. The van der Waals surface area contributed by atoms with Crippen molar-refractivity contribution in [3.8, 4) is 0 Å². The summed E-state index contributed by atoms with van der Waals surface area (Å²) >= 11 is 3.33. The molecule has 0 aliphatic carbocycles. The average Bonchev–Trinajstić information content (AvgIpc) is 2.37. The van der Waals surface area contributed by atoms with Crippen molar-refractivity contribution in [3.63, 3.8) is 0 Å². The zero-order valence-corrected chi connectivity index (χ0v) is 13.3. The number of rotatable bonds is 4. The van der Waals surface area contributed by atoms with Gasteiger partial charge in [-0.05, 0) is 30.7 Å². The Labute approximate surface area is 125 Å². The number of nitrogens with one attached hydrogen (secondary N) is 2. The van der Waals surface area contributed by atoms with Crippen LogP contribution in [0, 0.1) is 6.92 Å². The summed E-state index contributed by atoms with van der Waals surface area (Å²) in [4.78, 5) is 7.79. The Morgan fingerprint density at radius 2 is 1.80 bits per heavy atom. The molecule has 0 radical (unpaired) electrons. The Kier molecular flexibility index (Phi) is 4.24. The van der Waals surface area contributed by atoms with Gasteiger partial charge in [-0.15, -0.1) is 0 Å². The molecule has 2 rings (SSSR count). The fourth-order valence-corrected chi connectivity index (χ4v) is 3.13. The van der Waals surface area contributed by atoms with Gasteiger partial charge in [-0.3, -0.25) is 4.72 Å². The predicted octanol–water partition coefficient (Wildman–Crippen LogP) is 2.39. The van der Waals surface area contributed by atoms with Crippen molar-refractivity contribution < 1.29 is 8.42 Å². The summed E-state index contributed by atoms with van der Waals surface area (Å²) in [7, 11) is -2.04. The number of halogens is 1. The average molecular weight is 357 g/mol. The molecule has 0 spiro atoms. The molecule has 0 saturated carbocycles. The smallest absolute Gasteiger partial charge is 0.264 e. The summed E-state index contributed by atoms with van der Waals surface area (Å²) in [5, 5.41) is 2.73. The van der Waals surface area contributed by atoms with Gasteiger partial charge in [-0.1, -0.05) is 15.9 Å². The molecule has 0 aliphatic heterocycles. The maximum atomic E-state index is 12.2. The molecule has 0 bridgehead atoms. The third kappa shape index (κ3) is 3.45. The van der Waals surface area contributed by atoms with Crippen molar-refractivity contribution in [1.82, 2.24) is 9.97 Å². The number of benzene rings is 1. The van der Waals surface area contributed by atoms with E-state index in [2.05, 4.69) is 35.9 Å². The predicted molar refractivity (Wildman–Crippen MR) is 81.3 cm³/mol. The van der Waals surface area contributed by atoms with Gasteiger partial charge in [0.05, 0.1) is 18.1 Å². The monoisotopic (exact) mass is 356 g/mol. The molecule has 1 heterocycles. The highest BCUT2D eigenvalue weighted by Gasteiger charge is 2.15. The van der Waals surface area contributed by atoms with Crippen LogP contribution in [0.4, 0.5) is 11.6 Å². The number of aryl methyl sites for hydroxylation is 1. The van der Waals surface area contributed by atoms with Crippen LogP contribution in [0.25, 0.3) is 0 Å². The molecular formula is C12H13BrN4O2S. The lowest BCUT2D eigenvalue weighted by Gasteiger charge is -2.09. The summed E-state index contributed by atoms with van der Waals surface area (Å²) in [5.41, 5.74) is 1.42. The van der Waals surface area contributed by atoms with E-state index in [9.17, 15) is 8.42 Å². The highest BCUT2D eigenvalue weighted by Crippen LogP contribution is 2.21. The SMILES string of the molecule is CNc1ncc(S(=O)(=O)Nc2cc(C)cc(Br)c2)cn1. The molecule has 8 heteroatoms. The summed E-state index contributed by atoms with van der Waals surface area (Å²) in [6, 6.07) is 5.32. The minimum Gasteiger partial charge on any atom is -0.357 e. The van der Waals surface area contributed by atoms with Gasteiger partial charge in [0, 0.05) is 11.5 Å². The fourth-order valence-electron chi connectivity index (χ4n) is 1.59. The first-order chi connectivity index (χ1) is 9.40. The summed E-state index contributed by atoms with van der Waals surface area (Å²) in [5.74, 6) is 0.363. The maximum absolute atomic E-state index is 12.2. The molecule has 0 fully saturated rings. The molecule has 1 aromatic heterocycles. The van der Waals surface area contributed by atoms with E-state index in [4.69, 9.17) is 0 Å². The highest BCUT2D eigenvalue weighted by atomic mass is 79.9. The topological polar surface area (TPSA) is 84.0 Å². The van der Waals surface area contributed by atoms with Gasteiger partial charge in [0.2, 0.25) is 5.95 Å². The number of sulfonamides is 1. The molecule has 6 nitrogen and oxygen atoms in total. The minimum absolute atomic E-state index is 0.00845. The summed E-state index contributed by atoms with van der Waals surface area (Å²) in [6.45, 7) is 1.88. The quantitative estimate of drug-likeness (QED) is 0.878. The van der Waals surface area contributed by atoms with E-state index in [0.717, 1.165) is 10.0 Å². The third-order valence-electron chi connectivity index (χ3n) is 2.46. The van der Waals surface area contributed by atoms with Crippen LogP contribution < -0.4 is 10.0 Å². The molecular weight excluding hydrogens is 344 g/mol. The van der Waals surface area contributed by atoms with Crippen molar-refractivity contribution in [3.05, 3.63) is 40.6 Å². The van der Waals surface area contributed by atoms with Crippen molar-refractivity contribution in [2.75, 3.05) is 17.1 Å². The normalized spacial score (nSPS) is 11.2. The molecule has 0 amide bonds. The van der Waals surface area contributed by atoms with Crippen molar-refractivity contribution in [2.45, 2.75) is 11.8 Å². The van der Waals surface area contributed by atoms with Crippen LogP contribution in [-0.4, -0.2) is 25.4 Å². The van der Waals surface area contributed by atoms with Gasteiger partial charge in [-0.2, -0.15) is 0 Å². The van der Waals surface area contributed by atoms with Crippen LogP contribution in [0.2, 0.25) is 0 Å². The first-order valence-electron chi connectivity index (χ1n) is 5.70. The van der Waals surface area contributed by atoms with Gasteiger partial charge < -0.3 is 5.32 Å². The first kappa shape index (κ1) is 14.7. The molecule has 0 unspecified atom stereocenters. The zero-order chi connectivity index (χ0) is 14.8. The zero-order valence-electron chi connectivity index (χ0n) is 10.9. The fraction of sp³-hybridized carbons (Fsp3) is 0.167. The van der Waals surface area contributed by atoms with Crippen LogP contribution in [0.5, 0.6) is 0 Å². The molecule has 0 aliphatic rings. The number of aromatic nitrogens is 2. The molecule has 20 heavy (non-hydrogen) atoms. The Morgan fingerprint density at radius 3 is 2.35 bits per heavy atom. The van der Waals surface area contributed by atoms with Gasteiger partial charge in [0.15, 0.2) is 0 Å². The van der Waals surface area contributed by atoms with Gasteiger partial charge in [-0.25, -0.2) is 18.4 Å². The molecule has 1 aromatic carbocycles. The van der Waals surface area contributed by atoms with Gasteiger partial charge in [0.1, 0.15) is 4.90 Å².